The van der Waals surface area contributed by atoms with Gasteiger partial charge in [0.1, 0.15) is 0 Å². The highest BCUT2D eigenvalue weighted by Gasteiger charge is 2.34. The molecule has 0 bridgehead atoms. The summed E-state index contributed by atoms with van der Waals surface area (Å²) >= 11 is 0. The quantitative estimate of drug-likeness (QED) is 0.527. The lowest BCUT2D eigenvalue weighted by Crippen LogP contribution is -2.42. The van der Waals surface area contributed by atoms with E-state index in [0.29, 0.717) is 18.1 Å². The zero-order valence-corrected chi connectivity index (χ0v) is 17.4. The molecule has 0 spiro atoms. The van der Waals surface area contributed by atoms with Crippen LogP contribution in [0.15, 0.2) is 73.4 Å². The lowest BCUT2D eigenvalue weighted by atomic mass is 9.70. The molecule has 0 atom stereocenters. The molecule has 1 aliphatic rings. The van der Waals surface area contributed by atoms with E-state index >= 15 is 0 Å². The van der Waals surface area contributed by atoms with Gasteiger partial charge in [-0.05, 0) is 36.6 Å². The number of nitrogens with zero attached hydrogens (tertiary/aromatic N) is 4. The number of carbonyl (C=O) groups excluding carboxylic acids is 1. The SMILES string of the molecule is O=C(NCC1(c2cccnc2)CCCCC1)c1cn(-c2ncccn2)c2ccccc12. The highest BCUT2D eigenvalue weighted by molar-refractivity contribution is 6.07. The Morgan fingerprint density at radius 1 is 0.968 bits per heavy atom. The average Bonchev–Trinajstić information content (AvgIpc) is 3.24. The summed E-state index contributed by atoms with van der Waals surface area (Å²) in [6.45, 7) is 0.610. The van der Waals surface area contributed by atoms with Crippen molar-refractivity contribution in [2.75, 3.05) is 6.54 Å². The third-order valence-corrected chi connectivity index (χ3v) is 6.40. The van der Waals surface area contributed by atoms with Crippen LogP contribution in [0.5, 0.6) is 0 Å². The van der Waals surface area contributed by atoms with Crippen LogP contribution in [0.3, 0.4) is 0 Å². The molecular formula is C25H25N5O. The van der Waals surface area contributed by atoms with E-state index in [2.05, 4.69) is 26.3 Å². The van der Waals surface area contributed by atoms with E-state index in [0.717, 1.165) is 23.7 Å². The first-order valence-corrected chi connectivity index (χ1v) is 10.8. The Kier molecular flexibility index (Phi) is 5.20. The first-order valence-electron chi connectivity index (χ1n) is 10.8. The van der Waals surface area contributed by atoms with Crippen LogP contribution in [-0.2, 0) is 5.41 Å². The fraction of sp³-hybridized carbons (Fsp3) is 0.280. The molecule has 31 heavy (non-hydrogen) atoms. The van der Waals surface area contributed by atoms with Crippen molar-refractivity contribution >= 4 is 16.8 Å². The van der Waals surface area contributed by atoms with Crippen LogP contribution in [0.4, 0.5) is 0 Å². The Morgan fingerprint density at radius 3 is 2.55 bits per heavy atom. The molecule has 1 amide bonds. The number of aromatic nitrogens is 4. The molecular weight excluding hydrogens is 386 g/mol. The fourth-order valence-electron chi connectivity index (χ4n) is 4.76. The highest BCUT2D eigenvalue weighted by atomic mass is 16.1. The lowest BCUT2D eigenvalue weighted by molar-refractivity contribution is 0.0938. The van der Waals surface area contributed by atoms with Crippen molar-refractivity contribution in [2.45, 2.75) is 37.5 Å². The minimum Gasteiger partial charge on any atom is -0.351 e. The first-order chi connectivity index (χ1) is 15.3. The van der Waals surface area contributed by atoms with Crippen LogP contribution < -0.4 is 5.32 Å². The Labute approximate surface area is 181 Å². The van der Waals surface area contributed by atoms with Gasteiger partial charge in [0.05, 0.1) is 11.1 Å². The number of pyridine rings is 1. The highest BCUT2D eigenvalue weighted by Crippen LogP contribution is 2.38. The van der Waals surface area contributed by atoms with E-state index in [1.54, 1.807) is 24.7 Å². The monoisotopic (exact) mass is 411 g/mol. The van der Waals surface area contributed by atoms with Gasteiger partial charge in [0.15, 0.2) is 0 Å². The van der Waals surface area contributed by atoms with Gasteiger partial charge >= 0.3 is 0 Å². The molecule has 3 aromatic heterocycles. The number of benzene rings is 1. The number of para-hydroxylation sites is 1. The molecule has 0 radical (unpaired) electrons. The molecule has 0 aliphatic heterocycles. The fourth-order valence-corrected chi connectivity index (χ4v) is 4.76. The average molecular weight is 412 g/mol. The molecule has 6 heteroatoms. The van der Waals surface area contributed by atoms with E-state index in [4.69, 9.17) is 0 Å². The number of nitrogens with one attached hydrogen (secondary N) is 1. The summed E-state index contributed by atoms with van der Waals surface area (Å²) in [5, 5.41) is 4.14. The molecule has 0 unspecified atom stereocenters. The van der Waals surface area contributed by atoms with Crippen molar-refractivity contribution in [3.8, 4) is 5.95 Å². The van der Waals surface area contributed by atoms with Gasteiger partial charge in [-0.1, -0.05) is 43.5 Å². The predicted molar refractivity (Wildman–Crippen MR) is 120 cm³/mol. The molecule has 1 aromatic carbocycles. The lowest BCUT2D eigenvalue weighted by Gasteiger charge is -2.37. The summed E-state index contributed by atoms with van der Waals surface area (Å²) in [6.07, 6.45) is 14.7. The van der Waals surface area contributed by atoms with Gasteiger partial charge in [0.25, 0.3) is 5.91 Å². The second-order valence-corrected chi connectivity index (χ2v) is 8.24. The van der Waals surface area contributed by atoms with Gasteiger partial charge in [0.2, 0.25) is 5.95 Å². The summed E-state index contributed by atoms with van der Waals surface area (Å²) in [7, 11) is 0. The number of hydrogen-bond donors (Lipinski definition) is 1. The van der Waals surface area contributed by atoms with Crippen molar-refractivity contribution < 1.29 is 4.79 Å². The number of rotatable bonds is 5. The van der Waals surface area contributed by atoms with Gasteiger partial charge in [-0.3, -0.25) is 14.3 Å². The van der Waals surface area contributed by atoms with Crippen LogP contribution in [0.25, 0.3) is 16.9 Å². The summed E-state index contributed by atoms with van der Waals surface area (Å²) in [5.74, 6) is 0.483. The Balaban J connectivity index is 1.45. The number of carbonyl (C=O) groups is 1. The van der Waals surface area contributed by atoms with Gasteiger partial charge in [-0.15, -0.1) is 0 Å². The molecule has 5 rings (SSSR count). The van der Waals surface area contributed by atoms with Crippen LogP contribution in [0, 0.1) is 0 Å². The molecule has 1 fully saturated rings. The molecule has 1 N–H and O–H groups in total. The van der Waals surface area contributed by atoms with E-state index < -0.39 is 0 Å². The predicted octanol–water partition coefficient (Wildman–Crippen LogP) is 4.45. The number of fused-ring (bicyclic) bond motifs is 1. The van der Waals surface area contributed by atoms with Crippen LogP contribution >= 0.6 is 0 Å². The first kappa shape index (κ1) is 19.4. The number of hydrogen-bond acceptors (Lipinski definition) is 4. The Morgan fingerprint density at radius 2 is 1.77 bits per heavy atom. The molecule has 1 saturated carbocycles. The van der Waals surface area contributed by atoms with Crippen molar-refractivity contribution in [3.05, 3.63) is 84.6 Å². The smallest absolute Gasteiger partial charge is 0.253 e. The Hall–Kier alpha value is -3.54. The normalized spacial score (nSPS) is 15.6. The molecule has 3 heterocycles. The summed E-state index contributed by atoms with van der Waals surface area (Å²) in [6, 6.07) is 13.8. The summed E-state index contributed by atoms with van der Waals surface area (Å²) in [5.41, 5.74) is 2.72. The van der Waals surface area contributed by atoms with E-state index in [9.17, 15) is 4.79 Å². The maximum atomic E-state index is 13.3. The largest absolute Gasteiger partial charge is 0.351 e. The maximum Gasteiger partial charge on any atom is 0.253 e. The van der Waals surface area contributed by atoms with Crippen molar-refractivity contribution in [1.82, 2.24) is 24.8 Å². The Bertz CT molecular complexity index is 1180. The van der Waals surface area contributed by atoms with E-state index in [-0.39, 0.29) is 11.3 Å². The third-order valence-electron chi connectivity index (χ3n) is 6.40. The van der Waals surface area contributed by atoms with Gasteiger partial charge in [-0.25, -0.2) is 9.97 Å². The molecule has 6 nitrogen and oxygen atoms in total. The van der Waals surface area contributed by atoms with Crippen LogP contribution in [-0.4, -0.2) is 32.0 Å². The van der Waals surface area contributed by atoms with E-state index in [1.807, 2.05) is 47.3 Å². The molecule has 156 valence electrons. The minimum atomic E-state index is -0.0697. The zero-order valence-electron chi connectivity index (χ0n) is 17.4. The third kappa shape index (κ3) is 3.69. The van der Waals surface area contributed by atoms with Crippen molar-refractivity contribution in [2.24, 2.45) is 0 Å². The van der Waals surface area contributed by atoms with Gasteiger partial charge in [0, 0.05) is 48.3 Å². The number of amides is 1. The second-order valence-electron chi connectivity index (χ2n) is 8.24. The van der Waals surface area contributed by atoms with Crippen molar-refractivity contribution in [3.63, 3.8) is 0 Å². The van der Waals surface area contributed by atoms with Gasteiger partial charge in [-0.2, -0.15) is 0 Å². The standard InChI is InChI=1S/C25H25N5O/c31-23(29-18-25(11-4-1-5-12-25)19-8-6-13-26-16-19)21-17-30(24-27-14-7-15-28-24)22-10-3-2-9-20(21)22/h2-3,6-10,13-17H,1,4-5,11-12,18H2,(H,29,31). The molecule has 1 aliphatic carbocycles. The van der Waals surface area contributed by atoms with Gasteiger partial charge < -0.3 is 5.32 Å². The molecule has 0 saturated heterocycles. The van der Waals surface area contributed by atoms with Crippen LogP contribution in [0.1, 0.15) is 48.0 Å². The second kappa shape index (κ2) is 8.30. The zero-order chi connectivity index (χ0) is 21.1. The van der Waals surface area contributed by atoms with E-state index in [1.165, 1.54) is 24.8 Å². The minimum absolute atomic E-state index is 0.0525. The summed E-state index contributed by atoms with van der Waals surface area (Å²) < 4.78 is 1.88. The topological polar surface area (TPSA) is 72.7 Å². The molecule has 4 aromatic rings. The summed E-state index contributed by atoms with van der Waals surface area (Å²) in [4.78, 5) is 26.4. The van der Waals surface area contributed by atoms with Crippen molar-refractivity contribution in [1.29, 1.82) is 0 Å². The van der Waals surface area contributed by atoms with Crippen LogP contribution in [0.2, 0.25) is 0 Å². The maximum absolute atomic E-state index is 13.3.